The van der Waals surface area contributed by atoms with Crippen molar-refractivity contribution >= 4 is 17.6 Å². The lowest BCUT2D eigenvalue weighted by atomic mass is 9.96. The van der Waals surface area contributed by atoms with Gasteiger partial charge in [-0.05, 0) is 30.4 Å². The number of hydrogen-bond acceptors (Lipinski definition) is 10. The fourth-order valence-electron chi connectivity index (χ4n) is 4.41. The fraction of sp³-hybridized carbons (Fsp3) is 0.481. The summed E-state index contributed by atoms with van der Waals surface area (Å²) < 4.78 is 11.7. The molecule has 2 aromatic heterocycles. The molecule has 0 aliphatic carbocycles. The van der Waals surface area contributed by atoms with Crippen molar-refractivity contribution in [3.05, 3.63) is 54.0 Å². The van der Waals surface area contributed by atoms with Gasteiger partial charge in [0, 0.05) is 37.2 Å². The van der Waals surface area contributed by atoms with Crippen molar-refractivity contribution in [3.8, 4) is 11.6 Å². The van der Waals surface area contributed by atoms with E-state index in [9.17, 15) is 4.79 Å². The van der Waals surface area contributed by atoms with E-state index >= 15 is 0 Å². The van der Waals surface area contributed by atoms with Gasteiger partial charge in [0.05, 0.1) is 18.5 Å². The number of hydrogen-bond donors (Lipinski definition) is 3. The summed E-state index contributed by atoms with van der Waals surface area (Å²) in [6.07, 6.45) is 2.55. The maximum absolute atomic E-state index is 13.0. The molecule has 4 N–H and O–H groups in total. The standard InChI is InChI=1S/C27H37N9O3/c1-17(2)15-38-16-22(26-32-34-35-33-26)30-24(37)11-10-23(18(3)4)36-14-19-12-25(29-13-21(19)31-27(36)28)39-20-8-6-5-7-9-20/h5-9,12-13,17-18,22-23H,10-11,14-16H2,1-4H3,(H2,28,31)(H,30,37)(H,32,33,34,35)/t22-,23-/m0/s1. The maximum Gasteiger partial charge on any atom is 0.220 e. The lowest BCUT2D eigenvalue weighted by molar-refractivity contribution is -0.122. The average Bonchev–Trinajstić information content (AvgIpc) is 3.44. The Balaban J connectivity index is 1.40. The van der Waals surface area contributed by atoms with Gasteiger partial charge in [-0.3, -0.25) is 4.79 Å². The van der Waals surface area contributed by atoms with Crippen LogP contribution >= 0.6 is 0 Å². The first kappa shape index (κ1) is 28.0. The van der Waals surface area contributed by atoms with Crippen LogP contribution in [0, 0.1) is 11.8 Å². The summed E-state index contributed by atoms with van der Waals surface area (Å²) in [5.74, 6) is 2.46. The van der Waals surface area contributed by atoms with Crippen molar-refractivity contribution in [3.63, 3.8) is 0 Å². The Labute approximate surface area is 228 Å². The third-order valence-corrected chi connectivity index (χ3v) is 6.36. The van der Waals surface area contributed by atoms with Gasteiger partial charge < -0.3 is 25.4 Å². The van der Waals surface area contributed by atoms with E-state index < -0.39 is 6.04 Å². The van der Waals surface area contributed by atoms with Crippen molar-refractivity contribution in [1.29, 1.82) is 0 Å². The van der Waals surface area contributed by atoms with E-state index in [1.54, 1.807) is 6.20 Å². The number of aromatic amines is 1. The highest BCUT2D eigenvalue weighted by Gasteiger charge is 2.29. The number of tetrazole rings is 1. The van der Waals surface area contributed by atoms with Crippen LogP contribution in [0.2, 0.25) is 0 Å². The van der Waals surface area contributed by atoms with Crippen LogP contribution in [0.15, 0.2) is 47.6 Å². The van der Waals surface area contributed by atoms with E-state index in [4.69, 9.17) is 15.2 Å². The van der Waals surface area contributed by atoms with Gasteiger partial charge >= 0.3 is 0 Å². The Bertz CT molecular complexity index is 1230. The van der Waals surface area contributed by atoms with E-state index in [0.29, 0.717) is 54.6 Å². The SMILES string of the molecule is CC(C)COC[C@H](NC(=O)CC[C@@H](C(C)C)N1Cc2cc(Oc3ccccc3)ncc2N=C1N)c1nn[nH]n1. The molecule has 0 saturated carbocycles. The molecule has 3 heterocycles. The van der Waals surface area contributed by atoms with E-state index in [1.807, 2.05) is 36.4 Å². The lowest BCUT2D eigenvalue weighted by Gasteiger charge is -2.37. The van der Waals surface area contributed by atoms with Gasteiger partial charge in [-0.25, -0.2) is 9.98 Å². The first-order chi connectivity index (χ1) is 18.8. The minimum Gasteiger partial charge on any atom is -0.439 e. The second-order valence-electron chi connectivity index (χ2n) is 10.3. The molecule has 12 heteroatoms. The molecule has 1 aliphatic rings. The zero-order valence-corrected chi connectivity index (χ0v) is 22.9. The Kier molecular flexibility index (Phi) is 9.42. The fourth-order valence-corrected chi connectivity index (χ4v) is 4.41. The van der Waals surface area contributed by atoms with Gasteiger partial charge in [0.2, 0.25) is 11.8 Å². The molecule has 4 rings (SSSR count). The molecule has 3 aromatic rings. The number of aromatic nitrogens is 5. The topological polar surface area (TPSA) is 157 Å². The minimum absolute atomic E-state index is 0.0138. The summed E-state index contributed by atoms with van der Waals surface area (Å²) in [6, 6.07) is 10.9. The summed E-state index contributed by atoms with van der Waals surface area (Å²) >= 11 is 0. The largest absolute Gasteiger partial charge is 0.439 e. The number of carbonyl (C=O) groups is 1. The highest BCUT2D eigenvalue weighted by Crippen LogP contribution is 2.32. The van der Waals surface area contributed by atoms with Crippen molar-refractivity contribution in [1.82, 2.24) is 35.8 Å². The minimum atomic E-state index is -0.489. The number of nitrogens with two attached hydrogens (primary N) is 1. The molecule has 2 atom stereocenters. The normalized spacial score (nSPS) is 14.6. The highest BCUT2D eigenvalue weighted by molar-refractivity contribution is 5.84. The van der Waals surface area contributed by atoms with Crippen LogP contribution in [0.4, 0.5) is 5.69 Å². The van der Waals surface area contributed by atoms with Gasteiger partial charge in [0.1, 0.15) is 11.8 Å². The molecule has 0 radical (unpaired) electrons. The zero-order chi connectivity index (χ0) is 27.8. The smallest absolute Gasteiger partial charge is 0.220 e. The van der Waals surface area contributed by atoms with E-state index in [-0.39, 0.29) is 30.9 Å². The van der Waals surface area contributed by atoms with Crippen LogP contribution in [0.25, 0.3) is 0 Å². The lowest BCUT2D eigenvalue weighted by Crippen LogP contribution is -2.48. The van der Waals surface area contributed by atoms with Gasteiger partial charge in [0.25, 0.3) is 0 Å². The Morgan fingerprint density at radius 2 is 1.97 bits per heavy atom. The summed E-state index contributed by atoms with van der Waals surface area (Å²) in [4.78, 5) is 24.0. The molecule has 0 unspecified atom stereocenters. The molecule has 1 aromatic carbocycles. The highest BCUT2D eigenvalue weighted by atomic mass is 16.5. The molecule has 208 valence electrons. The number of pyridine rings is 1. The van der Waals surface area contributed by atoms with Crippen molar-refractivity contribution in [2.45, 2.75) is 59.2 Å². The van der Waals surface area contributed by atoms with E-state index in [2.05, 4.69) is 68.5 Å². The van der Waals surface area contributed by atoms with Crippen LogP contribution in [0.3, 0.4) is 0 Å². The Morgan fingerprint density at radius 1 is 1.18 bits per heavy atom. The van der Waals surface area contributed by atoms with Gasteiger partial charge in [-0.2, -0.15) is 5.21 Å². The number of ether oxygens (including phenoxy) is 2. The first-order valence-electron chi connectivity index (χ1n) is 13.2. The van der Waals surface area contributed by atoms with Crippen LogP contribution < -0.4 is 15.8 Å². The molecule has 1 aliphatic heterocycles. The van der Waals surface area contributed by atoms with Crippen molar-refractivity contribution in [2.24, 2.45) is 22.6 Å². The van der Waals surface area contributed by atoms with E-state index in [1.165, 1.54) is 0 Å². The number of carbonyl (C=O) groups excluding carboxylic acids is 1. The number of para-hydroxylation sites is 1. The quantitative estimate of drug-likeness (QED) is 0.298. The summed E-state index contributed by atoms with van der Waals surface area (Å²) in [5, 5.41) is 17.1. The molecule has 1 amide bonds. The summed E-state index contributed by atoms with van der Waals surface area (Å²) in [7, 11) is 0. The van der Waals surface area contributed by atoms with Crippen LogP contribution in [-0.2, 0) is 16.1 Å². The summed E-state index contributed by atoms with van der Waals surface area (Å²) in [5.41, 5.74) is 8.07. The number of aliphatic imine (C=N–C) groups is 1. The predicted octanol–water partition coefficient (Wildman–Crippen LogP) is 3.48. The second-order valence-corrected chi connectivity index (χ2v) is 10.3. The molecule has 0 fully saturated rings. The van der Waals surface area contributed by atoms with E-state index in [0.717, 1.165) is 5.56 Å². The third kappa shape index (κ3) is 7.73. The molecule has 0 spiro atoms. The molecule has 12 nitrogen and oxygen atoms in total. The van der Waals surface area contributed by atoms with Gasteiger partial charge in [-0.1, -0.05) is 51.1 Å². The molecule has 0 saturated heterocycles. The number of nitrogens with one attached hydrogen (secondary N) is 2. The summed E-state index contributed by atoms with van der Waals surface area (Å²) in [6.45, 7) is 9.74. The number of fused-ring (bicyclic) bond motifs is 1. The predicted molar refractivity (Wildman–Crippen MR) is 146 cm³/mol. The number of guanidine groups is 1. The number of H-pyrrole nitrogens is 1. The monoisotopic (exact) mass is 535 g/mol. The van der Waals surface area contributed by atoms with Crippen molar-refractivity contribution < 1.29 is 14.3 Å². The maximum atomic E-state index is 13.0. The number of nitrogens with zero attached hydrogens (tertiary/aromatic N) is 6. The van der Waals surface area contributed by atoms with Crippen molar-refractivity contribution in [2.75, 3.05) is 13.2 Å². The first-order valence-corrected chi connectivity index (χ1v) is 13.2. The number of amides is 1. The molecular weight excluding hydrogens is 498 g/mol. The Hall–Kier alpha value is -4.06. The molecule has 0 bridgehead atoms. The average molecular weight is 536 g/mol. The molecule has 39 heavy (non-hydrogen) atoms. The third-order valence-electron chi connectivity index (χ3n) is 6.36. The Morgan fingerprint density at radius 3 is 2.67 bits per heavy atom. The van der Waals surface area contributed by atoms with Crippen LogP contribution in [0.1, 0.15) is 58.0 Å². The van der Waals surface area contributed by atoms with Gasteiger partial charge in [-0.15, -0.1) is 10.2 Å². The van der Waals surface area contributed by atoms with Crippen LogP contribution in [0.5, 0.6) is 11.6 Å². The van der Waals surface area contributed by atoms with Gasteiger partial charge in [0.15, 0.2) is 11.8 Å². The number of benzene rings is 1. The number of rotatable bonds is 13. The second kappa shape index (κ2) is 13.1. The van der Waals surface area contributed by atoms with Crippen LogP contribution in [-0.4, -0.2) is 61.6 Å². The molecular formula is C27H37N9O3. The zero-order valence-electron chi connectivity index (χ0n) is 22.9.